The van der Waals surface area contributed by atoms with E-state index < -0.39 is 5.82 Å². The van der Waals surface area contributed by atoms with E-state index in [1.165, 1.54) is 12.1 Å². The van der Waals surface area contributed by atoms with Crippen molar-refractivity contribution in [1.82, 2.24) is 5.32 Å². The number of anilines is 1. The van der Waals surface area contributed by atoms with Crippen LogP contribution in [0.5, 0.6) is 0 Å². The van der Waals surface area contributed by atoms with Crippen LogP contribution in [0, 0.1) is 18.2 Å². The summed E-state index contributed by atoms with van der Waals surface area (Å²) in [5.41, 5.74) is 0.356. The first-order chi connectivity index (χ1) is 7.63. The van der Waals surface area contributed by atoms with Crippen LogP contribution in [-0.4, -0.2) is 19.0 Å². The summed E-state index contributed by atoms with van der Waals surface area (Å²) < 4.78 is 13.0. The van der Waals surface area contributed by atoms with E-state index in [0.717, 1.165) is 6.07 Å². The van der Waals surface area contributed by atoms with Gasteiger partial charge in [0.2, 0.25) is 5.91 Å². The molecule has 1 aromatic rings. The third kappa shape index (κ3) is 3.89. The third-order valence-corrected chi connectivity index (χ3v) is 2.02. The van der Waals surface area contributed by atoms with Gasteiger partial charge in [-0.05, 0) is 18.2 Å². The van der Waals surface area contributed by atoms with Gasteiger partial charge in [-0.1, -0.05) is 17.5 Å². The molecule has 0 saturated heterocycles. The van der Waals surface area contributed by atoms with Crippen molar-refractivity contribution in [2.24, 2.45) is 0 Å². The quantitative estimate of drug-likeness (QED) is 0.621. The van der Waals surface area contributed by atoms with E-state index in [1.54, 1.807) is 0 Å². The Morgan fingerprint density at radius 1 is 1.56 bits per heavy atom. The number of rotatable bonds is 4. The molecule has 0 fully saturated rings. The summed E-state index contributed by atoms with van der Waals surface area (Å²) in [6.45, 7) is 0.386. The molecule has 1 rings (SSSR count). The number of carbonyl (C=O) groups excluding carboxylic acids is 1. The lowest BCUT2D eigenvalue weighted by atomic mass is 10.3. The smallest absolute Gasteiger partial charge is 0.238 e. The Bertz CT molecular complexity index is 428. The van der Waals surface area contributed by atoms with Gasteiger partial charge in [-0.2, -0.15) is 0 Å². The summed E-state index contributed by atoms with van der Waals surface area (Å²) in [5, 5.41) is 5.23. The molecule has 1 aromatic carbocycles. The van der Waals surface area contributed by atoms with Crippen molar-refractivity contribution in [3.05, 3.63) is 29.0 Å². The Hall–Kier alpha value is -1.57. The SMILES string of the molecule is C#CCNCC(=O)Nc1ccc(Cl)c(F)c1. The third-order valence-electron chi connectivity index (χ3n) is 1.72. The molecule has 0 unspecified atom stereocenters. The van der Waals surface area contributed by atoms with E-state index >= 15 is 0 Å². The average molecular weight is 241 g/mol. The molecular weight excluding hydrogens is 231 g/mol. The van der Waals surface area contributed by atoms with Gasteiger partial charge >= 0.3 is 0 Å². The van der Waals surface area contributed by atoms with Crippen LogP contribution in [-0.2, 0) is 4.79 Å². The first kappa shape index (κ1) is 12.5. The lowest BCUT2D eigenvalue weighted by Gasteiger charge is -2.05. The maximum atomic E-state index is 13.0. The van der Waals surface area contributed by atoms with Gasteiger partial charge in [0.05, 0.1) is 18.1 Å². The van der Waals surface area contributed by atoms with Crippen LogP contribution in [0.4, 0.5) is 10.1 Å². The lowest BCUT2D eigenvalue weighted by Crippen LogP contribution is -2.28. The highest BCUT2D eigenvalue weighted by molar-refractivity contribution is 6.30. The topological polar surface area (TPSA) is 41.1 Å². The first-order valence-corrected chi connectivity index (χ1v) is 4.90. The van der Waals surface area contributed by atoms with Gasteiger partial charge in [0.25, 0.3) is 0 Å². The number of hydrogen-bond donors (Lipinski definition) is 2. The largest absolute Gasteiger partial charge is 0.325 e. The number of hydrogen-bond acceptors (Lipinski definition) is 2. The Morgan fingerprint density at radius 3 is 2.94 bits per heavy atom. The van der Waals surface area contributed by atoms with Crippen molar-refractivity contribution < 1.29 is 9.18 Å². The Kier molecular flexibility index (Phi) is 4.77. The molecule has 84 valence electrons. The highest BCUT2D eigenvalue weighted by atomic mass is 35.5. The molecule has 1 amide bonds. The second kappa shape index (κ2) is 6.11. The molecule has 2 N–H and O–H groups in total. The molecule has 0 atom stereocenters. The predicted molar refractivity (Wildman–Crippen MR) is 61.7 cm³/mol. The number of carbonyl (C=O) groups is 1. The van der Waals surface area contributed by atoms with Crippen molar-refractivity contribution in [3.63, 3.8) is 0 Å². The highest BCUT2D eigenvalue weighted by Gasteiger charge is 2.04. The van der Waals surface area contributed by atoms with Crippen LogP contribution >= 0.6 is 11.6 Å². The summed E-state index contributed by atoms with van der Waals surface area (Å²) in [4.78, 5) is 11.3. The second-order valence-corrected chi connectivity index (χ2v) is 3.39. The van der Waals surface area contributed by atoms with E-state index in [9.17, 15) is 9.18 Å². The summed E-state index contributed by atoms with van der Waals surface area (Å²) in [6.07, 6.45) is 5.00. The highest BCUT2D eigenvalue weighted by Crippen LogP contribution is 2.18. The minimum absolute atomic E-state index is 0.0171. The standard InChI is InChI=1S/C11H10ClFN2O/c1-2-5-14-7-11(16)15-8-3-4-9(12)10(13)6-8/h1,3-4,6,14H,5,7H2,(H,15,16). The molecule has 0 aliphatic rings. The molecule has 0 aromatic heterocycles. The van der Waals surface area contributed by atoms with E-state index in [1.807, 2.05) is 0 Å². The molecule has 0 aliphatic heterocycles. The zero-order chi connectivity index (χ0) is 12.0. The number of amides is 1. The maximum Gasteiger partial charge on any atom is 0.238 e. The van der Waals surface area contributed by atoms with Gasteiger partial charge in [0, 0.05) is 5.69 Å². The summed E-state index contributed by atoms with van der Waals surface area (Å²) in [7, 11) is 0. The minimum atomic E-state index is -0.573. The minimum Gasteiger partial charge on any atom is -0.325 e. The molecule has 0 saturated carbocycles. The normalized spacial score (nSPS) is 9.56. The Morgan fingerprint density at radius 2 is 2.31 bits per heavy atom. The fraction of sp³-hybridized carbons (Fsp3) is 0.182. The molecule has 0 aliphatic carbocycles. The van der Waals surface area contributed by atoms with Gasteiger partial charge in [0.1, 0.15) is 5.82 Å². The number of halogens is 2. The number of benzene rings is 1. The average Bonchev–Trinajstić information content (AvgIpc) is 2.24. The van der Waals surface area contributed by atoms with Crippen molar-refractivity contribution in [3.8, 4) is 12.3 Å². The monoisotopic (exact) mass is 240 g/mol. The predicted octanol–water partition coefficient (Wildman–Crippen LogP) is 1.64. The number of terminal acetylenes is 1. The molecule has 3 nitrogen and oxygen atoms in total. The van der Waals surface area contributed by atoms with E-state index in [4.69, 9.17) is 18.0 Å². The number of nitrogens with one attached hydrogen (secondary N) is 2. The fourth-order valence-corrected chi connectivity index (χ4v) is 1.14. The van der Waals surface area contributed by atoms with Gasteiger partial charge in [-0.15, -0.1) is 6.42 Å². The van der Waals surface area contributed by atoms with Crippen molar-refractivity contribution in [2.75, 3.05) is 18.4 Å². The van der Waals surface area contributed by atoms with Crippen molar-refractivity contribution in [2.45, 2.75) is 0 Å². The van der Waals surface area contributed by atoms with Gasteiger partial charge < -0.3 is 5.32 Å². The zero-order valence-electron chi connectivity index (χ0n) is 8.39. The molecule has 0 heterocycles. The molecular formula is C11H10ClFN2O. The van der Waals surface area contributed by atoms with Crippen LogP contribution in [0.15, 0.2) is 18.2 Å². The summed E-state index contributed by atoms with van der Waals surface area (Å²) in [6, 6.07) is 4.05. The fourth-order valence-electron chi connectivity index (χ4n) is 1.03. The van der Waals surface area contributed by atoms with Crippen molar-refractivity contribution in [1.29, 1.82) is 0 Å². The van der Waals surface area contributed by atoms with Gasteiger partial charge in [-0.25, -0.2) is 4.39 Å². The molecule has 0 spiro atoms. The van der Waals surface area contributed by atoms with Crippen LogP contribution < -0.4 is 10.6 Å². The molecule has 0 bridgehead atoms. The first-order valence-electron chi connectivity index (χ1n) is 4.52. The molecule has 0 radical (unpaired) electrons. The van der Waals surface area contributed by atoms with Crippen LogP contribution in [0.2, 0.25) is 5.02 Å². The van der Waals surface area contributed by atoms with E-state index in [2.05, 4.69) is 16.6 Å². The molecule has 5 heteroatoms. The van der Waals surface area contributed by atoms with Crippen molar-refractivity contribution >= 4 is 23.2 Å². The Balaban J connectivity index is 2.50. The van der Waals surface area contributed by atoms with Crippen LogP contribution in [0.3, 0.4) is 0 Å². The van der Waals surface area contributed by atoms with E-state index in [0.29, 0.717) is 12.2 Å². The van der Waals surface area contributed by atoms with Crippen LogP contribution in [0.1, 0.15) is 0 Å². The second-order valence-electron chi connectivity index (χ2n) is 2.98. The van der Waals surface area contributed by atoms with Crippen LogP contribution in [0.25, 0.3) is 0 Å². The van der Waals surface area contributed by atoms with Gasteiger partial charge in [-0.3, -0.25) is 10.1 Å². The Labute approximate surface area is 98.0 Å². The maximum absolute atomic E-state index is 13.0. The zero-order valence-corrected chi connectivity index (χ0v) is 9.14. The molecule has 16 heavy (non-hydrogen) atoms. The summed E-state index contributed by atoms with van der Waals surface area (Å²) in [5.74, 6) is 1.47. The van der Waals surface area contributed by atoms with Gasteiger partial charge in [0.15, 0.2) is 0 Å². The lowest BCUT2D eigenvalue weighted by molar-refractivity contribution is -0.115. The summed E-state index contributed by atoms with van der Waals surface area (Å²) >= 11 is 5.50. The van der Waals surface area contributed by atoms with E-state index in [-0.39, 0.29) is 17.5 Å².